The summed E-state index contributed by atoms with van der Waals surface area (Å²) in [6, 6.07) is 8.77. The second-order valence-corrected chi connectivity index (χ2v) is 5.25. The van der Waals surface area contributed by atoms with Crippen molar-refractivity contribution in [2.75, 3.05) is 5.32 Å². The lowest BCUT2D eigenvalue weighted by molar-refractivity contribution is 0.0952. The zero-order chi connectivity index (χ0) is 15.5. The maximum absolute atomic E-state index is 12.2. The largest absolute Gasteiger partial charge is 0.467 e. The van der Waals surface area contributed by atoms with Crippen LogP contribution in [0.4, 0.5) is 5.69 Å². The summed E-state index contributed by atoms with van der Waals surface area (Å²) in [6.45, 7) is 0.230. The van der Waals surface area contributed by atoms with E-state index in [1.54, 1.807) is 30.3 Å². The van der Waals surface area contributed by atoms with Crippen LogP contribution in [0, 0.1) is 0 Å². The van der Waals surface area contributed by atoms with Gasteiger partial charge in [-0.3, -0.25) is 9.59 Å². The van der Waals surface area contributed by atoms with E-state index in [0.717, 1.165) is 12.8 Å². The Kier molecular flexibility index (Phi) is 5.41. The van der Waals surface area contributed by atoms with Gasteiger partial charge in [-0.1, -0.05) is 12.1 Å². The minimum Gasteiger partial charge on any atom is -0.467 e. The number of benzene rings is 1. The monoisotopic (exact) mass is 335 g/mol. The minimum atomic E-state index is -0.338. The molecule has 1 aliphatic rings. The van der Waals surface area contributed by atoms with Crippen LogP contribution in [0.25, 0.3) is 0 Å². The molecule has 2 aromatic rings. The zero-order valence-electron chi connectivity index (χ0n) is 12.4. The molecule has 0 atom stereocenters. The molecule has 1 aliphatic carbocycles. The van der Waals surface area contributed by atoms with Crippen LogP contribution in [0.5, 0.6) is 0 Å². The topological polar surface area (TPSA) is 97.4 Å². The second kappa shape index (κ2) is 7.30. The highest BCUT2D eigenvalue weighted by molar-refractivity contribution is 6.09. The Bertz CT molecular complexity index is 710. The number of nitrogens with two attached hydrogens (primary N) is 1. The SMILES string of the molecule is Cl.NCc1cc(C(=O)Nc2ccccc2C(=O)NC2CC2)co1. The minimum absolute atomic E-state index is 0. The van der Waals surface area contributed by atoms with Crippen molar-refractivity contribution >= 4 is 29.9 Å². The average molecular weight is 336 g/mol. The first-order valence-electron chi connectivity index (χ1n) is 7.16. The number of para-hydroxylation sites is 1. The fraction of sp³-hybridized carbons (Fsp3) is 0.250. The fourth-order valence-corrected chi connectivity index (χ4v) is 2.08. The van der Waals surface area contributed by atoms with Crippen LogP contribution in [-0.2, 0) is 6.54 Å². The summed E-state index contributed by atoms with van der Waals surface area (Å²) >= 11 is 0. The molecule has 0 radical (unpaired) electrons. The van der Waals surface area contributed by atoms with Gasteiger partial charge in [-0.15, -0.1) is 12.4 Å². The van der Waals surface area contributed by atoms with Gasteiger partial charge in [-0.2, -0.15) is 0 Å². The quantitative estimate of drug-likeness (QED) is 0.781. The third-order valence-electron chi connectivity index (χ3n) is 3.45. The number of carbonyl (C=O) groups is 2. The summed E-state index contributed by atoms with van der Waals surface area (Å²) < 4.78 is 5.15. The predicted octanol–water partition coefficient (Wildman–Crippen LogP) is 2.30. The van der Waals surface area contributed by atoms with Crippen molar-refractivity contribution in [2.45, 2.75) is 25.4 Å². The lowest BCUT2D eigenvalue weighted by Gasteiger charge is -2.10. The Labute approximate surface area is 139 Å². The fourth-order valence-electron chi connectivity index (χ4n) is 2.08. The molecule has 0 aliphatic heterocycles. The Morgan fingerprint density at radius 1 is 1.22 bits per heavy atom. The molecule has 0 spiro atoms. The third kappa shape index (κ3) is 4.12. The van der Waals surface area contributed by atoms with Crippen molar-refractivity contribution < 1.29 is 14.0 Å². The zero-order valence-corrected chi connectivity index (χ0v) is 13.2. The number of hydrogen-bond donors (Lipinski definition) is 3. The van der Waals surface area contributed by atoms with Crippen molar-refractivity contribution in [2.24, 2.45) is 5.73 Å². The molecule has 0 bridgehead atoms. The maximum Gasteiger partial charge on any atom is 0.258 e. The van der Waals surface area contributed by atoms with Crippen LogP contribution < -0.4 is 16.4 Å². The Morgan fingerprint density at radius 2 is 1.96 bits per heavy atom. The van der Waals surface area contributed by atoms with Crippen molar-refractivity contribution in [3.05, 3.63) is 53.5 Å². The van der Waals surface area contributed by atoms with E-state index in [4.69, 9.17) is 10.2 Å². The van der Waals surface area contributed by atoms with Crippen molar-refractivity contribution in [3.8, 4) is 0 Å². The molecule has 6 nitrogen and oxygen atoms in total. The van der Waals surface area contributed by atoms with E-state index < -0.39 is 0 Å². The van der Waals surface area contributed by atoms with Gasteiger partial charge in [-0.25, -0.2) is 0 Å². The summed E-state index contributed by atoms with van der Waals surface area (Å²) in [6.07, 6.45) is 3.37. The lowest BCUT2D eigenvalue weighted by Crippen LogP contribution is -2.26. The molecule has 122 valence electrons. The standard InChI is InChI=1S/C16H17N3O3.ClH/c17-8-12-7-10(9-22-12)15(20)19-14-4-2-1-3-13(14)16(21)18-11-5-6-11;/h1-4,7,9,11H,5-6,8,17H2,(H,18,21)(H,19,20);1H. The molecule has 7 heteroatoms. The number of furan rings is 1. The summed E-state index contributed by atoms with van der Waals surface area (Å²) in [5.74, 6) is 0.0216. The summed E-state index contributed by atoms with van der Waals surface area (Å²) in [5, 5.41) is 5.65. The summed E-state index contributed by atoms with van der Waals surface area (Å²) in [7, 11) is 0. The highest BCUT2D eigenvalue weighted by atomic mass is 35.5. The van der Waals surface area contributed by atoms with E-state index in [-0.39, 0.29) is 36.8 Å². The number of carbonyl (C=O) groups excluding carboxylic acids is 2. The van der Waals surface area contributed by atoms with Gasteiger partial charge in [0.15, 0.2) is 0 Å². The molecular formula is C16H18ClN3O3. The van der Waals surface area contributed by atoms with Crippen LogP contribution in [-0.4, -0.2) is 17.9 Å². The Morgan fingerprint density at radius 3 is 2.61 bits per heavy atom. The van der Waals surface area contributed by atoms with Gasteiger partial charge in [0.05, 0.1) is 23.4 Å². The maximum atomic E-state index is 12.2. The molecule has 1 saturated carbocycles. The lowest BCUT2D eigenvalue weighted by atomic mass is 10.1. The van der Waals surface area contributed by atoms with Crippen molar-refractivity contribution in [1.82, 2.24) is 5.32 Å². The van der Waals surface area contributed by atoms with Crippen LogP contribution in [0.3, 0.4) is 0 Å². The van der Waals surface area contributed by atoms with Crippen LogP contribution in [0.2, 0.25) is 0 Å². The Balaban J connectivity index is 0.00000192. The summed E-state index contributed by atoms with van der Waals surface area (Å²) in [4.78, 5) is 24.4. The molecule has 1 aromatic heterocycles. The predicted molar refractivity (Wildman–Crippen MR) is 88.7 cm³/mol. The van der Waals surface area contributed by atoms with Gasteiger partial charge >= 0.3 is 0 Å². The Hall–Kier alpha value is -2.31. The molecule has 0 unspecified atom stereocenters. The average Bonchev–Trinajstić information content (AvgIpc) is 3.20. The molecule has 4 N–H and O–H groups in total. The number of halogens is 1. The van der Waals surface area contributed by atoms with E-state index in [2.05, 4.69) is 10.6 Å². The molecular weight excluding hydrogens is 318 g/mol. The number of nitrogens with one attached hydrogen (secondary N) is 2. The van der Waals surface area contributed by atoms with Gasteiger partial charge in [-0.05, 0) is 31.0 Å². The number of rotatable bonds is 5. The van der Waals surface area contributed by atoms with Crippen LogP contribution in [0.1, 0.15) is 39.3 Å². The molecule has 23 heavy (non-hydrogen) atoms. The molecule has 1 heterocycles. The summed E-state index contributed by atoms with van der Waals surface area (Å²) in [5.41, 5.74) is 6.75. The molecule has 3 rings (SSSR count). The van der Waals surface area contributed by atoms with Gasteiger partial charge < -0.3 is 20.8 Å². The number of hydrogen-bond acceptors (Lipinski definition) is 4. The number of anilines is 1. The van der Waals surface area contributed by atoms with Crippen LogP contribution >= 0.6 is 12.4 Å². The molecule has 1 aromatic carbocycles. The smallest absolute Gasteiger partial charge is 0.258 e. The van der Waals surface area contributed by atoms with Crippen molar-refractivity contribution in [3.63, 3.8) is 0 Å². The van der Waals surface area contributed by atoms with E-state index in [1.807, 2.05) is 0 Å². The van der Waals surface area contributed by atoms with Gasteiger partial charge in [0.25, 0.3) is 11.8 Å². The van der Waals surface area contributed by atoms with Crippen molar-refractivity contribution in [1.29, 1.82) is 0 Å². The van der Waals surface area contributed by atoms with Gasteiger partial charge in [0.1, 0.15) is 12.0 Å². The molecule has 0 saturated heterocycles. The van der Waals surface area contributed by atoms with Gasteiger partial charge in [0, 0.05) is 6.04 Å². The third-order valence-corrected chi connectivity index (χ3v) is 3.45. The first kappa shape index (κ1) is 17.1. The van der Waals surface area contributed by atoms with E-state index in [9.17, 15) is 9.59 Å². The molecule has 1 fully saturated rings. The first-order chi connectivity index (χ1) is 10.7. The normalized spacial score (nSPS) is 13.1. The van der Waals surface area contributed by atoms with E-state index in [1.165, 1.54) is 6.26 Å². The van der Waals surface area contributed by atoms with Gasteiger partial charge in [0.2, 0.25) is 0 Å². The van der Waals surface area contributed by atoms with Crippen LogP contribution in [0.15, 0.2) is 41.0 Å². The van der Waals surface area contributed by atoms with E-state index in [0.29, 0.717) is 22.6 Å². The first-order valence-corrected chi connectivity index (χ1v) is 7.16. The number of amides is 2. The second-order valence-electron chi connectivity index (χ2n) is 5.25. The highest BCUT2D eigenvalue weighted by Gasteiger charge is 2.25. The highest BCUT2D eigenvalue weighted by Crippen LogP contribution is 2.22. The molecule has 2 amide bonds. The van der Waals surface area contributed by atoms with E-state index >= 15 is 0 Å².